The molecular weight excluding hydrogens is 376 g/mol. The molecule has 28 heavy (non-hydrogen) atoms. The number of carbonyl (C=O) groups is 1. The van der Waals surface area contributed by atoms with Gasteiger partial charge in [0.05, 0.1) is 12.3 Å². The van der Waals surface area contributed by atoms with Gasteiger partial charge in [0, 0.05) is 24.8 Å². The Kier molecular flexibility index (Phi) is 9.88. The molecule has 0 saturated heterocycles. The minimum Gasteiger partial charge on any atom is -0.463 e. The molecule has 0 aliphatic heterocycles. The Bertz CT molecular complexity index is 778. The number of ether oxygens (including phenoxy) is 1. The average Bonchev–Trinajstić information content (AvgIpc) is 2.67. The molecule has 1 unspecified atom stereocenters. The van der Waals surface area contributed by atoms with Crippen molar-refractivity contribution >= 4 is 36.0 Å². The molecule has 0 aliphatic rings. The topological polar surface area (TPSA) is 88.7 Å². The van der Waals surface area contributed by atoms with Crippen molar-refractivity contribution < 1.29 is 9.53 Å². The van der Waals surface area contributed by atoms with Crippen LogP contribution in [0.3, 0.4) is 0 Å². The van der Waals surface area contributed by atoms with Gasteiger partial charge in [-0.2, -0.15) is 5.10 Å². The van der Waals surface area contributed by atoms with Crippen molar-refractivity contribution in [1.82, 2.24) is 0 Å². The van der Waals surface area contributed by atoms with Crippen molar-refractivity contribution in [3.63, 3.8) is 0 Å². The summed E-state index contributed by atoms with van der Waals surface area (Å²) < 4.78 is 5.29. The summed E-state index contributed by atoms with van der Waals surface area (Å²) in [5.41, 5.74) is 5.29. The van der Waals surface area contributed by atoms with E-state index in [2.05, 4.69) is 47.8 Å². The van der Waals surface area contributed by atoms with Gasteiger partial charge >= 0.3 is 5.97 Å². The Morgan fingerprint density at radius 3 is 2.50 bits per heavy atom. The molecular formula is C21H29ClN4O2. The summed E-state index contributed by atoms with van der Waals surface area (Å²) >= 11 is 0. The largest absolute Gasteiger partial charge is 0.463 e. The Hall–Kier alpha value is -2.73. The van der Waals surface area contributed by atoms with Gasteiger partial charge in [0.2, 0.25) is 0 Å². The lowest BCUT2D eigenvalue weighted by Crippen LogP contribution is -2.19. The van der Waals surface area contributed by atoms with Crippen LogP contribution in [-0.2, 0) is 16.0 Å². The normalized spacial score (nSPS) is 11.5. The molecule has 2 rings (SSSR count). The molecule has 0 amide bonds. The molecule has 0 saturated carbocycles. The third kappa shape index (κ3) is 6.78. The molecule has 7 heteroatoms. The fourth-order valence-electron chi connectivity index (χ4n) is 2.86. The van der Waals surface area contributed by atoms with Crippen LogP contribution in [0.15, 0.2) is 47.6 Å². The molecule has 1 atom stereocenters. The number of nitrogens with one attached hydrogen (secondary N) is 2. The summed E-state index contributed by atoms with van der Waals surface area (Å²) in [5, 5.41) is 10.4. The number of hydrazone groups is 1. The van der Waals surface area contributed by atoms with E-state index in [1.54, 1.807) is 6.21 Å². The summed E-state index contributed by atoms with van der Waals surface area (Å²) in [4.78, 5) is 11.3. The molecule has 2 aromatic rings. The first-order valence-electron chi connectivity index (χ1n) is 9.17. The predicted octanol–water partition coefficient (Wildman–Crippen LogP) is 4.11. The van der Waals surface area contributed by atoms with Gasteiger partial charge in [-0.25, -0.2) is 0 Å². The number of esters is 1. The third-order valence-corrected chi connectivity index (χ3v) is 4.21. The Labute approximate surface area is 173 Å². The number of halogens is 1. The van der Waals surface area contributed by atoms with Crippen LogP contribution in [0.4, 0.5) is 11.4 Å². The van der Waals surface area contributed by atoms with Crippen LogP contribution in [0.1, 0.15) is 43.5 Å². The van der Waals surface area contributed by atoms with Gasteiger partial charge in [-0.15, -0.1) is 12.4 Å². The summed E-state index contributed by atoms with van der Waals surface area (Å²) in [6.07, 6.45) is 2.51. The van der Waals surface area contributed by atoms with Gasteiger partial charge in [0.15, 0.2) is 0 Å². The number of benzene rings is 2. The highest BCUT2D eigenvalue weighted by Gasteiger charge is 2.15. The lowest BCUT2D eigenvalue weighted by atomic mass is 10.0. The second kappa shape index (κ2) is 11.9. The molecule has 0 aromatic heterocycles. The zero-order valence-electron chi connectivity index (χ0n) is 16.6. The van der Waals surface area contributed by atoms with Crippen LogP contribution >= 0.6 is 12.4 Å². The summed E-state index contributed by atoms with van der Waals surface area (Å²) in [7, 11) is 0. The van der Waals surface area contributed by atoms with E-state index in [1.807, 2.05) is 24.3 Å². The monoisotopic (exact) mass is 404 g/mol. The minimum absolute atomic E-state index is 0. The lowest BCUT2D eigenvalue weighted by Gasteiger charge is -2.22. The molecule has 2 aromatic carbocycles. The first-order chi connectivity index (χ1) is 13.1. The van der Waals surface area contributed by atoms with Crippen LogP contribution in [-0.4, -0.2) is 25.3 Å². The fourth-order valence-corrected chi connectivity index (χ4v) is 2.86. The quantitative estimate of drug-likeness (QED) is 0.253. The maximum Gasteiger partial charge on any atom is 0.302 e. The molecule has 0 heterocycles. The molecule has 0 radical (unpaired) electrons. The Morgan fingerprint density at radius 1 is 1.21 bits per heavy atom. The number of anilines is 2. The number of rotatable bonds is 9. The Morgan fingerprint density at radius 2 is 1.93 bits per heavy atom. The van der Waals surface area contributed by atoms with Gasteiger partial charge in [0.1, 0.15) is 6.61 Å². The van der Waals surface area contributed by atoms with E-state index in [0.717, 1.165) is 35.5 Å². The average molecular weight is 405 g/mol. The summed E-state index contributed by atoms with van der Waals surface area (Å²) in [5.74, 6) is 4.89. The van der Waals surface area contributed by atoms with Gasteiger partial charge in [-0.1, -0.05) is 31.2 Å². The molecule has 0 fully saturated rings. The van der Waals surface area contributed by atoms with E-state index in [0.29, 0.717) is 0 Å². The van der Waals surface area contributed by atoms with Crippen LogP contribution < -0.4 is 16.5 Å². The van der Waals surface area contributed by atoms with Gasteiger partial charge in [-0.05, 0) is 48.2 Å². The zero-order chi connectivity index (χ0) is 19.6. The summed E-state index contributed by atoms with van der Waals surface area (Å²) in [6.45, 7) is 6.76. The van der Waals surface area contributed by atoms with E-state index in [4.69, 9.17) is 10.6 Å². The smallest absolute Gasteiger partial charge is 0.302 e. The van der Waals surface area contributed by atoms with Crippen molar-refractivity contribution in [1.29, 1.82) is 0 Å². The van der Waals surface area contributed by atoms with Crippen molar-refractivity contribution in [2.24, 2.45) is 10.9 Å². The first kappa shape index (κ1) is 23.3. The highest BCUT2D eigenvalue weighted by Crippen LogP contribution is 2.25. The van der Waals surface area contributed by atoms with E-state index >= 15 is 0 Å². The van der Waals surface area contributed by atoms with Crippen LogP contribution in [0, 0.1) is 0 Å². The first-order valence-corrected chi connectivity index (χ1v) is 9.17. The molecule has 0 aliphatic carbocycles. The molecule has 152 valence electrons. The third-order valence-electron chi connectivity index (χ3n) is 4.21. The molecule has 0 spiro atoms. The highest BCUT2D eigenvalue weighted by atomic mass is 35.5. The van der Waals surface area contributed by atoms with Crippen molar-refractivity contribution in [3.8, 4) is 0 Å². The van der Waals surface area contributed by atoms with Crippen LogP contribution in [0.25, 0.3) is 0 Å². The molecule has 0 bridgehead atoms. The van der Waals surface area contributed by atoms with E-state index < -0.39 is 0 Å². The number of nitrogens with zero attached hydrogens (tertiary/aromatic N) is 1. The molecule has 6 nitrogen and oxygen atoms in total. The lowest BCUT2D eigenvalue weighted by molar-refractivity contribution is -0.141. The van der Waals surface area contributed by atoms with Crippen LogP contribution in [0.2, 0.25) is 0 Å². The number of nitrogens with two attached hydrogens (primary N) is 1. The number of hydrogen-bond acceptors (Lipinski definition) is 6. The number of carbonyl (C=O) groups excluding carboxylic acids is 1. The van der Waals surface area contributed by atoms with Gasteiger partial charge < -0.3 is 21.2 Å². The molecule has 4 N–H and O–H groups in total. The van der Waals surface area contributed by atoms with Gasteiger partial charge in [-0.3, -0.25) is 4.79 Å². The number of aryl methyl sites for hydroxylation is 1. The highest BCUT2D eigenvalue weighted by molar-refractivity contribution is 5.85. The second-order valence-corrected chi connectivity index (χ2v) is 6.20. The standard InChI is InChI=1S/C21H28N4O2.ClH/c1-4-17-12-18(8-11-20(17)23-5-2)21(14-27-15(3)26)25-19-9-6-16(7-10-19)13-24-22;/h6-13,21,23,25H,4-5,14,22H2,1-3H3;1H. The fraction of sp³-hybridized carbons (Fsp3) is 0.333. The van der Waals surface area contributed by atoms with E-state index in [1.165, 1.54) is 12.5 Å². The van der Waals surface area contributed by atoms with E-state index in [-0.39, 0.29) is 31.0 Å². The van der Waals surface area contributed by atoms with E-state index in [9.17, 15) is 4.79 Å². The van der Waals surface area contributed by atoms with Crippen molar-refractivity contribution in [3.05, 3.63) is 59.2 Å². The SMILES string of the molecule is CCNc1ccc(C(COC(C)=O)Nc2ccc(C=NN)cc2)cc1CC.Cl. The summed E-state index contributed by atoms with van der Waals surface area (Å²) in [6, 6.07) is 13.9. The Balaban J connectivity index is 0.00000392. The number of hydrogen-bond donors (Lipinski definition) is 3. The maximum absolute atomic E-state index is 11.3. The van der Waals surface area contributed by atoms with Crippen molar-refractivity contribution in [2.45, 2.75) is 33.2 Å². The van der Waals surface area contributed by atoms with Crippen LogP contribution in [0.5, 0.6) is 0 Å². The zero-order valence-corrected chi connectivity index (χ0v) is 17.4. The minimum atomic E-state index is -0.295. The predicted molar refractivity (Wildman–Crippen MR) is 118 cm³/mol. The van der Waals surface area contributed by atoms with Gasteiger partial charge in [0.25, 0.3) is 0 Å². The van der Waals surface area contributed by atoms with Crippen molar-refractivity contribution in [2.75, 3.05) is 23.8 Å². The maximum atomic E-state index is 11.3. The second-order valence-electron chi connectivity index (χ2n) is 6.20.